The van der Waals surface area contributed by atoms with Crippen LogP contribution in [0, 0.1) is 5.82 Å². The summed E-state index contributed by atoms with van der Waals surface area (Å²) in [5, 5.41) is 10.5. The fourth-order valence-electron chi connectivity index (χ4n) is 1.91. The van der Waals surface area contributed by atoms with Crippen molar-refractivity contribution in [2.75, 3.05) is 11.9 Å². The highest BCUT2D eigenvalue weighted by molar-refractivity contribution is 8.02. The lowest BCUT2D eigenvalue weighted by atomic mass is 10.1. The molecule has 0 saturated heterocycles. The van der Waals surface area contributed by atoms with E-state index in [1.54, 1.807) is 19.1 Å². The molecule has 0 saturated carbocycles. The average molecular weight is 383 g/mol. The number of benzene rings is 1. The van der Waals surface area contributed by atoms with Gasteiger partial charge >= 0.3 is 5.97 Å². The number of rotatable bonds is 8. The molecule has 0 aliphatic rings. The van der Waals surface area contributed by atoms with Gasteiger partial charge in [0.1, 0.15) is 11.1 Å². The molecule has 6 nitrogen and oxygen atoms in total. The third-order valence-corrected chi connectivity index (χ3v) is 5.36. The number of hydrogen-bond acceptors (Lipinski definition) is 7. The lowest BCUT2D eigenvalue weighted by Gasteiger charge is -2.10. The van der Waals surface area contributed by atoms with Crippen LogP contribution in [0.2, 0.25) is 0 Å². The van der Waals surface area contributed by atoms with E-state index in [1.165, 1.54) is 35.2 Å². The monoisotopic (exact) mass is 383 g/mol. The van der Waals surface area contributed by atoms with Crippen LogP contribution in [0.15, 0.2) is 28.6 Å². The molecule has 0 spiro atoms. The van der Waals surface area contributed by atoms with Crippen molar-refractivity contribution in [3.8, 4) is 0 Å². The van der Waals surface area contributed by atoms with E-state index in [1.807, 2.05) is 6.92 Å². The number of amides is 1. The fraction of sp³-hybridized carbons (Fsp3) is 0.375. The summed E-state index contributed by atoms with van der Waals surface area (Å²) in [6.45, 7) is 3.98. The van der Waals surface area contributed by atoms with Gasteiger partial charge in [-0.15, -0.1) is 10.2 Å². The molecule has 134 valence electrons. The van der Waals surface area contributed by atoms with Gasteiger partial charge in [-0.25, -0.2) is 4.39 Å². The Balaban J connectivity index is 1.90. The third-order valence-electron chi connectivity index (χ3n) is 3.09. The second kappa shape index (κ2) is 9.47. The van der Waals surface area contributed by atoms with Crippen LogP contribution in [0.5, 0.6) is 0 Å². The molecule has 25 heavy (non-hydrogen) atoms. The van der Waals surface area contributed by atoms with Gasteiger partial charge in [0.25, 0.3) is 0 Å². The molecule has 1 amide bonds. The van der Waals surface area contributed by atoms with Gasteiger partial charge in [-0.1, -0.05) is 42.2 Å². The summed E-state index contributed by atoms with van der Waals surface area (Å²) in [4.78, 5) is 23.8. The van der Waals surface area contributed by atoms with Crippen LogP contribution in [0.4, 0.5) is 9.52 Å². The minimum atomic E-state index is -0.351. The van der Waals surface area contributed by atoms with Crippen molar-refractivity contribution in [1.82, 2.24) is 10.2 Å². The average Bonchev–Trinajstić information content (AvgIpc) is 3.01. The van der Waals surface area contributed by atoms with E-state index >= 15 is 0 Å². The number of hydrogen-bond donors (Lipinski definition) is 1. The van der Waals surface area contributed by atoms with Gasteiger partial charge in [0.15, 0.2) is 4.34 Å². The Morgan fingerprint density at radius 1 is 1.28 bits per heavy atom. The van der Waals surface area contributed by atoms with Crippen molar-refractivity contribution in [2.45, 2.75) is 36.3 Å². The standard InChI is InChI=1S/C16H18FN3O3S2/c1-3-12(14(22)23-4-2)24-16-20-19-15(25-16)18-13(21)9-10-5-7-11(17)8-6-10/h5-8,12H,3-4,9H2,1-2H3,(H,18,19,21)/t12-/m0/s1. The van der Waals surface area contributed by atoms with E-state index in [-0.39, 0.29) is 29.4 Å². The van der Waals surface area contributed by atoms with Crippen LogP contribution in [0.3, 0.4) is 0 Å². The first-order chi connectivity index (χ1) is 12.0. The maximum Gasteiger partial charge on any atom is 0.319 e. The van der Waals surface area contributed by atoms with Gasteiger partial charge in [0, 0.05) is 0 Å². The maximum absolute atomic E-state index is 12.9. The number of anilines is 1. The molecule has 0 aliphatic carbocycles. The van der Waals surface area contributed by atoms with Crippen molar-refractivity contribution < 1.29 is 18.7 Å². The van der Waals surface area contributed by atoms with Gasteiger partial charge in [-0.3, -0.25) is 9.59 Å². The number of carbonyl (C=O) groups is 2. The first-order valence-corrected chi connectivity index (χ1v) is 9.42. The van der Waals surface area contributed by atoms with Crippen molar-refractivity contribution in [2.24, 2.45) is 0 Å². The van der Waals surface area contributed by atoms with E-state index < -0.39 is 0 Å². The zero-order chi connectivity index (χ0) is 18.2. The van der Waals surface area contributed by atoms with Gasteiger partial charge in [-0.05, 0) is 31.0 Å². The summed E-state index contributed by atoms with van der Waals surface area (Å²) in [7, 11) is 0. The quantitative estimate of drug-likeness (QED) is 0.428. The molecule has 9 heteroatoms. The molecule has 0 radical (unpaired) electrons. The van der Waals surface area contributed by atoms with Crippen LogP contribution >= 0.6 is 23.1 Å². The maximum atomic E-state index is 12.9. The molecule has 1 aromatic carbocycles. The Morgan fingerprint density at radius 3 is 2.64 bits per heavy atom. The number of ether oxygens (including phenoxy) is 1. The molecule has 2 aromatic rings. The highest BCUT2D eigenvalue weighted by atomic mass is 32.2. The number of aromatic nitrogens is 2. The van der Waals surface area contributed by atoms with E-state index in [9.17, 15) is 14.0 Å². The minimum Gasteiger partial charge on any atom is -0.465 e. The molecule has 2 rings (SSSR count). The Hall–Kier alpha value is -2.00. The molecule has 1 atom stereocenters. The zero-order valence-electron chi connectivity index (χ0n) is 13.8. The Bertz CT molecular complexity index is 722. The van der Waals surface area contributed by atoms with E-state index in [0.29, 0.717) is 28.1 Å². The largest absolute Gasteiger partial charge is 0.465 e. The van der Waals surface area contributed by atoms with Gasteiger partial charge < -0.3 is 10.1 Å². The normalized spacial score (nSPS) is 11.8. The number of carbonyl (C=O) groups excluding carboxylic acids is 2. The molecule has 1 N–H and O–H groups in total. The summed E-state index contributed by atoms with van der Waals surface area (Å²) in [5.74, 6) is -0.897. The molecule has 0 bridgehead atoms. The highest BCUT2D eigenvalue weighted by Gasteiger charge is 2.21. The predicted octanol–water partition coefficient (Wildman–Crippen LogP) is 3.29. The molecule has 0 unspecified atom stereocenters. The number of thioether (sulfide) groups is 1. The first kappa shape index (κ1) is 19.3. The molecule has 0 aliphatic heterocycles. The predicted molar refractivity (Wildman–Crippen MR) is 95.2 cm³/mol. The molecule has 0 fully saturated rings. The number of nitrogens with zero attached hydrogens (tertiary/aromatic N) is 2. The fourth-order valence-corrected chi connectivity index (χ4v) is 3.85. The van der Waals surface area contributed by atoms with Crippen LogP contribution in [-0.4, -0.2) is 33.9 Å². The summed E-state index contributed by atoms with van der Waals surface area (Å²) >= 11 is 2.46. The van der Waals surface area contributed by atoms with E-state index in [4.69, 9.17) is 4.74 Å². The smallest absolute Gasteiger partial charge is 0.319 e. The topological polar surface area (TPSA) is 81.2 Å². The van der Waals surface area contributed by atoms with Crippen LogP contribution in [-0.2, 0) is 20.7 Å². The van der Waals surface area contributed by atoms with E-state index in [2.05, 4.69) is 15.5 Å². The van der Waals surface area contributed by atoms with Crippen LogP contribution in [0.25, 0.3) is 0 Å². The summed E-state index contributed by atoms with van der Waals surface area (Å²) < 4.78 is 18.5. The van der Waals surface area contributed by atoms with Gasteiger partial charge in [-0.2, -0.15) is 0 Å². The van der Waals surface area contributed by atoms with Crippen molar-refractivity contribution >= 4 is 40.1 Å². The molecular formula is C16H18FN3O3S2. The van der Waals surface area contributed by atoms with Gasteiger partial charge in [0.05, 0.1) is 13.0 Å². The van der Waals surface area contributed by atoms with Gasteiger partial charge in [0.2, 0.25) is 11.0 Å². The molecular weight excluding hydrogens is 365 g/mol. The van der Waals surface area contributed by atoms with Crippen molar-refractivity contribution in [3.05, 3.63) is 35.6 Å². The van der Waals surface area contributed by atoms with Crippen LogP contribution < -0.4 is 5.32 Å². The molecule has 1 aromatic heterocycles. The lowest BCUT2D eigenvalue weighted by molar-refractivity contribution is -0.142. The Labute approximate surface area is 153 Å². The van der Waals surface area contributed by atoms with Crippen molar-refractivity contribution in [3.63, 3.8) is 0 Å². The number of esters is 1. The summed E-state index contributed by atoms with van der Waals surface area (Å²) in [5.41, 5.74) is 0.700. The Kier molecular flexibility index (Phi) is 7.32. The third kappa shape index (κ3) is 6.09. The SMILES string of the molecule is CCOC(=O)[C@H](CC)Sc1nnc(NC(=O)Cc2ccc(F)cc2)s1. The Morgan fingerprint density at radius 2 is 2.00 bits per heavy atom. The van der Waals surface area contributed by atoms with Crippen molar-refractivity contribution in [1.29, 1.82) is 0 Å². The lowest BCUT2D eigenvalue weighted by Crippen LogP contribution is -2.19. The minimum absolute atomic E-state index is 0.114. The second-order valence-corrected chi connectivity index (χ2v) is 7.42. The second-order valence-electron chi connectivity index (χ2n) is 4.99. The van der Waals surface area contributed by atoms with Crippen LogP contribution in [0.1, 0.15) is 25.8 Å². The summed E-state index contributed by atoms with van der Waals surface area (Å²) in [6.07, 6.45) is 0.720. The first-order valence-electron chi connectivity index (χ1n) is 7.72. The van der Waals surface area contributed by atoms with E-state index in [0.717, 1.165) is 0 Å². The summed E-state index contributed by atoms with van der Waals surface area (Å²) in [6, 6.07) is 5.73. The molecule has 1 heterocycles. The number of halogens is 1. The highest BCUT2D eigenvalue weighted by Crippen LogP contribution is 2.31. The zero-order valence-corrected chi connectivity index (χ0v) is 15.5. The number of nitrogens with one attached hydrogen (secondary N) is 1.